The number of carbonyl (C=O) groups is 2. The fourth-order valence-corrected chi connectivity index (χ4v) is 3.07. The molecule has 5 heteroatoms. The zero-order valence-corrected chi connectivity index (χ0v) is 15.6. The third-order valence-electron chi connectivity index (χ3n) is 4.88. The molecule has 0 aliphatic heterocycles. The standard InChI is InChI=1S/C23H21N3O2/c1-15(16-11-13-19(14-12-16)24-22(27)18-9-10-18)25-26-23(28)21-8-4-6-17-5-2-3-7-20(17)21/h2-8,11-14,18H,9-10H2,1H3,(H,24,27)(H,26,28). The number of anilines is 1. The van der Waals surface area contributed by atoms with Crippen molar-refractivity contribution in [3.63, 3.8) is 0 Å². The van der Waals surface area contributed by atoms with Gasteiger partial charge in [0.25, 0.3) is 5.91 Å². The van der Waals surface area contributed by atoms with E-state index < -0.39 is 0 Å². The van der Waals surface area contributed by atoms with Gasteiger partial charge in [-0.1, -0.05) is 48.5 Å². The molecule has 1 fully saturated rings. The van der Waals surface area contributed by atoms with Crippen LogP contribution >= 0.6 is 0 Å². The van der Waals surface area contributed by atoms with Gasteiger partial charge < -0.3 is 5.32 Å². The van der Waals surface area contributed by atoms with Crippen molar-refractivity contribution in [1.82, 2.24) is 5.43 Å². The van der Waals surface area contributed by atoms with E-state index in [1.807, 2.05) is 67.6 Å². The van der Waals surface area contributed by atoms with Crippen molar-refractivity contribution in [3.8, 4) is 0 Å². The maximum atomic E-state index is 12.6. The summed E-state index contributed by atoms with van der Waals surface area (Å²) in [5.74, 6) is 0.0113. The van der Waals surface area contributed by atoms with Crippen LogP contribution in [0.15, 0.2) is 71.8 Å². The second-order valence-corrected chi connectivity index (χ2v) is 7.01. The monoisotopic (exact) mass is 371 g/mol. The first-order valence-corrected chi connectivity index (χ1v) is 9.35. The van der Waals surface area contributed by atoms with Crippen molar-refractivity contribution in [2.45, 2.75) is 19.8 Å². The average molecular weight is 371 g/mol. The quantitative estimate of drug-likeness (QED) is 0.517. The van der Waals surface area contributed by atoms with Crippen LogP contribution in [0.3, 0.4) is 0 Å². The second kappa shape index (κ2) is 7.64. The van der Waals surface area contributed by atoms with E-state index in [0.717, 1.165) is 34.9 Å². The molecule has 5 nitrogen and oxygen atoms in total. The Labute approximate surface area is 163 Å². The Kier molecular flexibility index (Phi) is 4.89. The van der Waals surface area contributed by atoms with E-state index in [-0.39, 0.29) is 17.7 Å². The van der Waals surface area contributed by atoms with Gasteiger partial charge >= 0.3 is 0 Å². The van der Waals surface area contributed by atoms with Crippen LogP contribution in [-0.4, -0.2) is 17.5 Å². The summed E-state index contributed by atoms with van der Waals surface area (Å²) in [5.41, 5.74) is 5.57. The molecule has 28 heavy (non-hydrogen) atoms. The van der Waals surface area contributed by atoms with Crippen LogP contribution in [0.2, 0.25) is 0 Å². The molecule has 0 aromatic heterocycles. The van der Waals surface area contributed by atoms with Crippen LogP contribution in [0, 0.1) is 5.92 Å². The predicted molar refractivity (Wildman–Crippen MR) is 111 cm³/mol. The van der Waals surface area contributed by atoms with Gasteiger partial charge in [0, 0.05) is 17.2 Å². The van der Waals surface area contributed by atoms with E-state index in [0.29, 0.717) is 11.3 Å². The van der Waals surface area contributed by atoms with Gasteiger partial charge in [0.05, 0.1) is 5.71 Å². The fourth-order valence-electron chi connectivity index (χ4n) is 3.07. The van der Waals surface area contributed by atoms with Crippen molar-refractivity contribution in [2.24, 2.45) is 11.0 Å². The summed E-state index contributed by atoms with van der Waals surface area (Å²) in [6.45, 7) is 1.83. The Morgan fingerprint density at radius 3 is 2.39 bits per heavy atom. The first-order chi connectivity index (χ1) is 13.6. The Morgan fingerprint density at radius 2 is 1.64 bits per heavy atom. The summed E-state index contributed by atoms with van der Waals surface area (Å²) in [4.78, 5) is 24.4. The third kappa shape index (κ3) is 3.93. The summed E-state index contributed by atoms with van der Waals surface area (Å²) < 4.78 is 0. The highest BCUT2D eigenvalue weighted by molar-refractivity contribution is 6.08. The number of hydrogen-bond acceptors (Lipinski definition) is 3. The highest BCUT2D eigenvalue weighted by Crippen LogP contribution is 2.30. The van der Waals surface area contributed by atoms with Crippen molar-refractivity contribution in [2.75, 3.05) is 5.32 Å². The highest BCUT2D eigenvalue weighted by atomic mass is 16.2. The van der Waals surface area contributed by atoms with Crippen LogP contribution in [0.1, 0.15) is 35.7 Å². The molecule has 1 saturated carbocycles. The largest absolute Gasteiger partial charge is 0.326 e. The third-order valence-corrected chi connectivity index (χ3v) is 4.88. The molecule has 0 atom stereocenters. The van der Waals surface area contributed by atoms with Crippen LogP contribution in [0.25, 0.3) is 10.8 Å². The van der Waals surface area contributed by atoms with Crippen LogP contribution in [-0.2, 0) is 4.79 Å². The smallest absolute Gasteiger partial charge is 0.272 e. The normalized spacial score (nSPS) is 14.0. The van der Waals surface area contributed by atoms with Crippen molar-refractivity contribution in [1.29, 1.82) is 0 Å². The maximum Gasteiger partial charge on any atom is 0.272 e. The molecule has 0 saturated heterocycles. The van der Waals surface area contributed by atoms with Gasteiger partial charge in [0.2, 0.25) is 5.91 Å². The lowest BCUT2D eigenvalue weighted by Gasteiger charge is -2.07. The Balaban J connectivity index is 1.45. The van der Waals surface area contributed by atoms with E-state index in [9.17, 15) is 9.59 Å². The molecule has 140 valence electrons. The molecular formula is C23H21N3O2. The molecule has 3 aromatic carbocycles. The first kappa shape index (κ1) is 17.9. The van der Waals surface area contributed by atoms with E-state index in [4.69, 9.17) is 0 Å². The summed E-state index contributed by atoms with van der Waals surface area (Å²) in [6.07, 6.45) is 1.96. The van der Waals surface area contributed by atoms with E-state index in [1.54, 1.807) is 6.07 Å². The van der Waals surface area contributed by atoms with Crippen LogP contribution in [0.5, 0.6) is 0 Å². The highest BCUT2D eigenvalue weighted by Gasteiger charge is 2.29. The maximum absolute atomic E-state index is 12.6. The summed E-state index contributed by atoms with van der Waals surface area (Å²) in [6, 6.07) is 20.9. The number of hydrogen-bond donors (Lipinski definition) is 2. The summed E-state index contributed by atoms with van der Waals surface area (Å²) in [7, 11) is 0. The van der Waals surface area contributed by atoms with Gasteiger partial charge in [-0.15, -0.1) is 0 Å². The molecule has 0 heterocycles. The lowest BCUT2D eigenvalue weighted by molar-refractivity contribution is -0.117. The number of fused-ring (bicyclic) bond motifs is 1. The zero-order valence-electron chi connectivity index (χ0n) is 15.6. The molecule has 4 rings (SSSR count). The fraction of sp³-hybridized carbons (Fsp3) is 0.174. The molecule has 1 aliphatic rings. The number of rotatable bonds is 5. The summed E-state index contributed by atoms with van der Waals surface area (Å²) >= 11 is 0. The Bertz CT molecular complexity index is 1060. The number of benzene rings is 3. The molecule has 2 N–H and O–H groups in total. The minimum Gasteiger partial charge on any atom is -0.326 e. The van der Waals surface area contributed by atoms with E-state index in [1.165, 1.54) is 0 Å². The summed E-state index contributed by atoms with van der Waals surface area (Å²) in [5, 5.41) is 9.05. The molecule has 1 aliphatic carbocycles. The Morgan fingerprint density at radius 1 is 0.929 bits per heavy atom. The minimum absolute atomic E-state index is 0.0838. The number of hydrazone groups is 1. The van der Waals surface area contributed by atoms with Crippen LogP contribution < -0.4 is 10.7 Å². The van der Waals surface area contributed by atoms with Crippen molar-refractivity contribution < 1.29 is 9.59 Å². The number of nitrogens with zero attached hydrogens (tertiary/aromatic N) is 1. The van der Waals surface area contributed by atoms with Crippen LogP contribution in [0.4, 0.5) is 5.69 Å². The van der Waals surface area contributed by atoms with Gasteiger partial charge in [-0.2, -0.15) is 5.10 Å². The lowest BCUT2D eigenvalue weighted by atomic mass is 10.0. The predicted octanol–water partition coefficient (Wildman–Crippen LogP) is 4.34. The first-order valence-electron chi connectivity index (χ1n) is 9.35. The van der Waals surface area contributed by atoms with Gasteiger partial charge in [0.1, 0.15) is 0 Å². The molecule has 0 unspecified atom stereocenters. The molecule has 0 bridgehead atoms. The van der Waals surface area contributed by atoms with E-state index in [2.05, 4.69) is 15.8 Å². The van der Waals surface area contributed by atoms with Gasteiger partial charge in [-0.25, -0.2) is 5.43 Å². The molecule has 3 aromatic rings. The van der Waals surface area contributed by atoms with Crippen molar-refractivity contribution >= 4 is 34.0 Å². The van der Waals surface area contributed by atoms with E-state index >= 15 is 0 Å². The Hall–Kier alpha value is -3.47. The van der Waals surface area contributed by atoms with Gasteiger partial charge in [-0.3, -0.25) is 9.59 Å². The number of amides is 2. The molecule has 0 radical (unpaired) electrons. The zero-order chi connectivity index (χ0) is 19.5. The molecular weight excluding hydrogens is 350 g/mol. The topological polar surface area (TPSA) is 70.6 Å². The van der Waals surface area contributed by atoms with Gasteiger partial charge in [-0.05, 0) is 54.3 Å². The second-order valence-electron chi connectivity index (χ2n) is 7.01. The minimum atomic E-state index is -0.246. The number of nitrogens with one attached hydrogen (secondary N) is 2. The molecule has 0 spiro atoms. The SMILES string of the molecule is CC(=NNC(=O)c1cccc2ccccc12)c1ccc(NC(=O)C2CC2)cc1. The van der Waals surface area contributed by atoms with Crippen molar-refractivity contribution in [3.05, 3.63) is 77.9 Å². The lowest BCUT2D eigenvalue weighted by Crippen LogP contribution is -2.19. The van der Waals surface area contributed by atoms with Gasteiger partial charge in [0.15, 0.2) is 0 Å². The molecule has 2 amide bonds. The number of carbonyl (C=O) groups excluding carboxylic acids is 2. The average Bonchev–Trinajstić information content (AvgIpc) is 3.57.